The molecular weight excluding hydrogens is 180 g/mol. The van der Waals surface area contributed by atoms with Crippen molar-refractivity contribution < 1.29 is 5.11 Å². The molecular formula is C9H16N4O. The molecule has 2 unspecified atom stereocenters. The van der Waals surface area contributed by atoms with E-state index in [-0.39, 0.29) is 12.1 Å². The van der Waals surface area contributed by atoms with Crippen molar-refractivity contribution in [3.8, 4) is 0 Å². The fraction of sp³-hybridized carbons (Fsp3) is 0.778. The van der Waals surface area contributed by atoms with Gasteiger partial charge in [0.2, 0.25) is 0 Å². The third-order valence-electron chi connectivity index (χ3n) is 2.70. The number of nitrogens with zero attached hydrogens (tertiary/aromatic N) is 3. The SMILES string of the molecule is CNCc1cn(C2CCCC2O)nn1. The van der Waals surface area contributed by atoms with Crippen LogP contribution in [0.1, 0.15) is 31.0 Å². The van der Waals surface area contributed by atoms with Crippen LogP contribution in [0.3, 0.4) is 0 Å². The van der Waals surface area contributed by atoms with Gasteiger partial charge >= 0.3 is 0 Å². The minimum Gasteiger partial charge on any atom is -0.391 e. The second kappa shape index (κ2) is 4.06. The lowest BCUT2D eigenvalue weighted by Crippen LogP contribution is -2.18. The number of hydrogen-bond donors (Lipinski definition) is 2. The van der Waals surface area contributed by atoms with Crippen molar-refractivity contribution >= 4 is 0 Å². The molecule has 0 radical (unpaired) electrons. The molecule has 78 valence electrons. The van der Waals surface area contributed by atoms with Crippen molar-refractivity contribution in [2.24, 2.45) is 0 Å². The van der Waals surface area contributed by atoms with Gasteiger partial charge in [-0.2, -0.15) is 0 Å². The van der Waals surface area contributed by atoms with E-state index in [1.165, 1.54) is 0 Å². The zero-order chi connectivity index (χ0) is 9.97. The molecule has 0 amide bonds. The first kappa shape index (κ1) is 9.61. The van der Waals surface area contributed by atoms with Gasteiger partial charge < -0.3 is 10.4 Å². The van der Waals surface area contributed by atoms with E-state index in [1.807, 2.05) is 13.2 Å². The Hall–Kier alpha value is -0.940. The van der Waals surface area contributed by atoms with Crippen molar-refractivity contribution in [3.63, 3.8) is 0 Å². The smallest absolute Gasteiger partial charge is 0.0964 e. The van der Waals surface area contributed by atoms with E-state index in [9.17, 15) is 5.11 Å². The zero-order valence-electron chi connectivity index (χ0n) is 8.35. The molecule has 1 aliphatic carbocycles. The Labute approximate surface area is 83.1 Å². The maximum atomic E-state index is 9.68. The summed E-state index contributed by atoms with van der Waals surface area (Å²) in [6.45, 7) is 0.725. The molecule has 2 N–H and O–H groups in total. The molecule has 5 heteroatoms. The Balaban J connectivity index is 2.08. The number of nitrogens with one attached hydrogen (secondary N) is 1. The van der Waals surface area contributed by atoms with Gasteiger partial charge in [0.1, 0.15) is 0 Å². The minimum atomic E-state index is -0.251. The van der Waals surface area contributed by atoms with E-state index in [0.717, 1.165) is 31.5 Å². The topological polar surface area (TPSA) is 63.0 Å². The van der Waals surface area contributed by atoms with E-state index >= 15 is 0 Å². The number of rotatable bonds is 3. The van der Waals surface area contributed by atoms with E-state index in [0.29, 0.717) is 0 Å². The van der Waals surface area contributed by atoms with Crippen molar-refractivity contribution in [1.82, 2.24) is 20.3 Å². The summed E-state index contributed by atoms with van der Waals surface area (Å²) < 4.78 is 1.80. The Kier molecular flexibility index (Phi) is 2.79. The first-order valence-corrected chi connectivity index (χ1v) is 5.04. The highest BCUT2D eigenvalue weighted by atomic mass is 16.3. The summed E-state index contributed by atoms with van der Waals surface area (Å²) in [5, 5.41) is 20.8. The number of aliphatic hydroxyl groups excluding tert-OH is 1. The predicted octanol–water partition coefficient (Wildman–Crippen LogP) is 0.0834. The van der Waals surface area contributed by atoms with Gasteiger partial charge in [0.25, 0.3) is 0 Å². The molecule has 0 bridgehead atoms. The lowest BCUT2D eigenvalue weighted by atomic mass is 10.2. The van der Waals surface area contributed by atoms with Crippen LogP contribution in [0.15, 0.2) is 6.20 Å². The molecule has 1 heterocycles. The quantitative estimate of drug-likeness (QED) is 0.719. The fourth-order valence-electron chi connectivity index (χ4n) is 1.97. The molecule has 5 nitrogen and oxygen atoms in total. The van der Waals surface area contributed by atoms with Gasteiger partial charge in [-0.05, 0) is 26.3 Å². The van der Waals surface area contributed by atoms with Crippen LogP contribution in [0.4, 0.5) is 0 Å². The van der Waals surface area contributed by atoms with E-state index in [2.05, 4.69) is 15.6 Å². The van der Waals surface area contributed by atoms with Crippen LogP contribution in [0.25, 0.3) is 0 Å². The monoisotopic (exact) mass is 196 g/mol. The molecule has 1 aromatic heterocycles. The first-order valence-electron chi connectivity index (χ1n) is 5.04. The molecule has 0 spiro atoms. The molecule has 1 aliphatic rings. The van der Waals surface area contributed by atoms with Gasteiger partial charge in [-0.3, -0.25) is 0 Å². The van der Waals surface area contributed by atoms with Crippen molar-refractivity contribution in [1.29, 1.82) is 0 Å². The first-order chi connectivity index (χ1) is 6.81. The van der Waals surface area contributed by atoms with E-state index < -0.39 is 0 Å². The van der Waals surface area contributed by atoms with Gasteiger partial charge in [-0.25, -0.2) is 4.68 Å². The highest BCUT2D eigenvalue weighted by molar-refractivity contribution is 4.94. The van der Waals surface area contributed by atoms with Crippen LogP contribution in [0.2, 0.25) is 0 Å². The second-order valence-corrected chi connectivity index (χ2v) is 3.79. The van der Waals surface area contributed by atoms with Crippen LogP contribution in [-0.4, -0.2) is 33.3 Å². The average Bonchev–Trinajstić information content (AvgIpc) is 2.74. The molecule has 14 heavy (non-hydrogen) atoms. The molecule has 1 saturated carbocycles. The fourth-order valence-corrected chi connectivity index (χ4v) is 1.97. The second-order valence-electron chi connectivity index (χ2n) is 3.79. The van der Waals surface area contributed by atoms with Crippen LogP contribution < -0.4 is 5.32 Å². The highest BCUT2D eigenvalue weighted by Crippen LogP contribution is 2.29. The predicted molar refractivity (Wildman–Crippen MR) is 51.7 cm³/mol. The summed E-state index contributed by atoms with van der Waals surface area (Å²) in [5.41, 5.74) is 0.923. The Morgan fingerprint density at radius 3 is 3.14 bits per heavy atom. The van der Waals surface area contributed by atoms with Crippen LogP contribution in [0, 0.1) is 0 Å². The summed E-state index contributed by atoms with van der Waals surface area (Å²) in [7, 11) is 1.88. The maximum Gasteiger partial charge on any atom is 0.0964 e. The Morgan fingerprint density at radius 1 is 1.64 bits per heavy atom. The Morgan fingerprint density at radius 2 is 2.50 bits per heavy atom. The third-order valence-corrected chi connectivity index (χ3v) is 2.70. The maximum absolute atomic E-state index is 9.68. The minimum absolute atomic E-state index is 0.133. The molecule has 1 fully saturated rings. The van der Waals surface area contributed by atoms with Crippen LogP contribution >= 0.6 is 0 Å². The number of aromatic nitrogens is 3. The summed E-state index contributed by atoms with van der Waals surface area (Å²) in [6.07, 6.45) is 4.62. The average molecular weight is 196 g/mol. The van der Waals surface area contributed by atoms with Gasteiger partial charge in [0.15, 0.2) is 0 Å². The summed E-state index contributed by atoms with van der Waals surface area (Å²) in [6, 6.07) is 0.133. The van der Waals surface area contributed by atoms with Gasteiger partial charge in [-0.1, -0.05) is 5.21 Å². The molecule has 2 atom stereocenters. The van der Waals surface area contributed by atoms with E-state index in [4.69, 9.17) is 0 Å². The van der Waals surface area contributed by atoms with Crippen molar-refractivity contribution in [2.75, 3.05) is 7.05 Å². The van der Waals surface area contributed by atoms with Crippen molar-refractivity contribution in [3.05, 3.63) is 11.9 Å². The summed E-state index contributed by atoms with van der Waals surface area (Å²) >= 11 is 0. The largest absolute Gasteiger partial charge is 0.391 e. The highest BCUT2D eigenvalue weighted by Gasteiger charge is 2.27. The normalized spacial score (nSPS) is 27.0. The molecule has 2 rings (SSSR count). The standard InChI is InChI=1S/C9H16N4O/c1-10-5-7-6-13(12-11-7)8-3-2-4-9(8)14/h6,8-10,14H,2-5H2,1H3. The van der Waals surface area contributed by atoms with Gasteiger partial charge in [0, 0.05) is 6.54 Å². The molecule has 1 aromatic rings. The van der Waals surface area contributed by atoms with Crippen molar-refractivity contribution in [2.45, 2.75) is 38.0 Å². The molecule has 0 saturated heterocycles. The van der Waals surface area contributed by atoms with Crippen LogP contribution in [-0.2, 0) is 6.54 Å². The van der Waals surface area contributed by atoms with Gasteiger partial charge in [0.05, 0.1) is 24.0 Å². The third kappa shape index (κ3) is 1.78. The Bertz CT molecular complexity index is 299. The van der Waals surface area contributed by atoms with Crippen LogP contribution in [0.5, 0.6) is 0 Å². The lowest BCUT2D eigenvalue weighted by molar-refractivity contribution is 0.129. The van der Waals surface area contributed by atoms with Gasteiger partial charge in [-0.15, -0.1) is 5.10 Å². The zero-order valence-corrected chi connectivity index (χ0v) is 8.35. The molecule has 0 aliphatic heterocycles. The molecule has 0 aromatic carbocycles. The summed E-state index contributed by atoms with van der Waals surface area (Å²) in [5.74, 6) is 0. The number of hydrogen-bond acceptors (Lipinski definition) is 4. The summed E-state index contributed by atoms with van der Waals surface area (Å²) in [4.78, 5) is 0. The number of aliphatic hydroxyl groups is 1. The lowest BCUT2D eigenvalue weighted by Gasteiger charge is -2.13. The van der Waals surface area contributed by atoms with E-state index in [1.54, 1.807) is 4.68 Å².